The SMILES string of the molecule is COc1ccc(Cl)cc1N1CC(C(=O)NCCc2ccc(-c3csc(C)n3)cc2)CC1=O. The second-order valence-corrected chi connectivity index (χ2v) is 9.21. The van der Waals surface area contributed by atoms with Crippen LogP contribution in [0.5, 0.6) is 5.75 Å². The van der Waals surface area contributed by atoms with E-state index < -0.39 is 5.92 Å². The van der Waals surface area contributed by atoms with Gasteiger partial charge < -0.3 is 15.0 Å². The third-order valence-corrected chi connectivity index (χ3v) is 6.52. The first-order chi connectivity index (χ1) is 15.4. The lowest BCUT2D eigenvalue weighted by atomic mass is 10.1. The first-order valence-electron chi connectivity index (χ1n) is 10.4. The Hall–Kier alpha value is -2.90. The quantitative estimate of drug-likeness (QED) is 0.553. The predicted octanol–water partition coefficient (Wildman–Crippen LogP) is 4.49. The minimum Gasteiger partial charge on any atom is -0.495 e. The van der Waals surface area contributed by atoms with Crippen LogP contribution in [0.15, 0.2) is 47.8 Å². The Morgan fingerprint density at radius 1 is 1.28 bits per heavy atom. The molecule has 8 heteroatoms. The lowest BCUT2D eigenvalue weighted by Gasteiger charge is -2.20. The van der Waals surface area contributed by atoms with Gasteiger partial charge in [0, 0.05) is 35.5 Å². The van der Waals surface area contributed by atoms with Crippen molar-refractivity contribution in [1.82, 2.24) is 10.3 Å². The molecule has 1 aliphatic rings. The number of nitrogens with zero attached hydrogens (tertiary/aromatic N) is 2. The second kappa shape index (κ2) is 9.71. The summed E-state index contributed by atoms with van der Waals surface area (Å²) >= 11 is 7.73. The Morgan fingerprint density at radius 2 is 2.06 bits per heavy atom. The zero-order valence-electron chi connectivity index (χ0n) is 17.9. The number of thiazole rings is 1. The summed E-state index contributed by atoms with van der Waals surface area (Å²) < 4.78 is 5.35. The van der Waals surface area contributed by atoms with Crippen LogP contribution in [0.25, 0.3) is 11.3 Å². The summed E-state index contributed by atoms with van der Waals surface area (Å²) in [6, 6.07) is 13.3. The lowest BCUT2D eigenvalue weighted by molar-refractivity contribution is -0.126. The molecule has 2 amide bonds. The van der Waals surface area contributed by atoms with E-state index in [1.54, 1.807) is 41.5 Å². The molecule has 1 saturated heterocycles. The van der Waals surface area contributed by atoms with Crippen LogP contribution in [0.4, 0.5) is 5.69 Å². The molecule has 166 valence electrons. The van der Waals surface area contributed by atoms with E-state index in [9.17, 15) is 9.59 Å². The van der Waals surface area contributed by atoms with Gasteiger partial charge in [-0.2, -0.15) is 0 Å². The van der Waals surface area contributed by atoms with Crippen molar-refractivity contribution in [2.45, 2.75) is 19.8 Å². The Morgan fingerprint density at radius 3 is 2.75 bits per heavy atom. The fraction of sp³-hybridized carbons (Fsp3) is 0.292. The Labute approximate surface area is 196 Å². The molecule has 1 aromatic heterocycles. The molecule has 0 aliphatic carbocycles. The van der Waals surface area contributed by atoms with E-state index in [2.05, 4.69) is 39.9 Å². The van der Waals surface area contributed by atoms with E-state index in [1.807, 2.05) is 6.92 Å². The smallest absolute Gasteiger partial charge is 0.227 e. The van der Waals surface area contributed by atoms with Crippen LogP contribution in [0, 0.1) is 12.8 Å². The van der Waals surface area contributed by atoms with Crippen LogP contribution in [0.1, 0.15) is 17.0 Å². The van der Waals surface area contributed by atoms with Gasteiger partial charge in [-0.3, -0.25) is 9.59 Å². The number of halogens is 1. The van der Waals surface area contributed by atoms with Gasteiger partial charge in [-0.05, 0) is 37.1 Å². The number of rotatable bonds is 7. The van der Waals surface area contributed by atoms with Crippen LogP contribution in [0.3, 0.4) is 0 Å². The zero-order valence-corrected chi connectivity index (χ0v) is 19.5. The molecule has 2 aromatic carbocycles. The predicted molar refractivity (Wildman–Crippen MR) is 127 cm³/mol. The molecule has 32 heavy (non-hydrogen) atoms. The molecule has 1 atom stereocenters. The average Bonchev–Trinajstić information content (AvgIpc) is 3.40. The largest absolute Gasteiger partial charge is 0.495 e. The molecule has 0 bridgehead atoms. The van der Waals surface area contributed by atoms with Crippen LogP contribution in [-0.4, -0.2) is 37.0 Å². The summed E-state index contributed by atoms with van der Waals surface area (Å²) in [5, 5.41) is 6.58. The number of aromatic nitrogens is 1. The van der Waals surface area contributed by atoms with Gasteiger partial charge in [-0.25, -0.2) is 4.98 Å². The van der Waals surface area contributed by atoms with Gasteiger partial charge in [-0.15, -0.1) is 11.3 Å². The third-order valence-electron chi connectivity index (χ3n) is 5.51. The Kier molecular flexibility index (Phi) is 6.77. The highest BCUT2D eigenvalue weighted by molar-refractivity contribution is 7.09. The maximum atomic E-state index is 12.7. The molecule has 4 rings (SSSR count). The number of nitrogens with one attached hydrogen (secondary N) is 1. The number of hydrogen-bond donors (Lipinski definition) is 1. The summed E-state index contributed by atoms with van der Waals surface area (Å²) in [5.41, 5.74) is 3.80. The van der Waals surface area contributed by atoms with E-state index in [0.29, 0.717) is 36.0 Å². The number of hydrogen-bond acceptors (Lipinski definition) is 5. The first kappa shape index (κ1) is 22.3. The van der Waals surface area contributed by atoms with Gasteiger partial charge in [0.25, 0.3) is 0 Å². The summed E-state index contributed by atoms with van der Waals surface area (Å²) in [6.45, 7) is 2.82. The average molecular weight is 470 g/mol. The molecular formula is C24H24ClN3O3S. The maximum Gasteiger partial charge on any atom is 0.227 e. The van der Waals surface area contributed by atoms with Crippen molar-refractivity contribution in [3.8, 4) is 17.0 Å². The molecule has 1 fully saturated rings. The number of methoxy groups -OCH3 is 1. The zero-order chi connectivity index (χ0) is 22.7. The number of anilines is 1. The van der Waals surface area contributed by atoms with Gasteiger partial charge in [0.15, 0.2) is 0 Å². The van der Waals surface area contributed by atoms with Crippen molar-refractivity contribution in [3.63, 3.8) is 0 Å². The number of amides is 2. The second-order valence-electron chi connectivity index (χ2n) is 7.71. The molecule has 6 nitrogen and oxygen atoms in total. The van der Waals surface area contributed by atoms with Crippen LogP contribution >= 0.6 is 22.9 Å². The van der Waals surface area contributed by atoms with Gasteiger partial charge in [0.1, 0.15) is 5.75 Å². The van der Waals surface area contributed by atoms with Crippen molar-refractivity contribution in [2.24, 2.45) is 5.92 Å². The van der Waals surface area contributed by atoms with Crippen LogP contribution in [0.2, 0.25) is 5.02 Å². The van der Waals surface area contributed by atoms with Crippen molar-refractivity contribution >= 4 is 40.4 Å². The Balaban J connectivity index is 1.31. The number of aryl methyl sites for hydroxylation is 1. The molecule has 3 aromatic rings. The summed E-state index contributed by atoms with van der Waals surface area (Å²) in [7, 11) is 1.54. The molecule has 1 N–H and O–H groups in total. The fourth-order valence-corrected chi connectivity index (χ4v) is 4.59. The molecule has 1 unspecified atom stereocenters. The highest BCUT2D eigenvalue weighted by Crippen LogP contribution is 2.35. The summed E-state index contributed by atoms with van der Waals surface area (Å²) in [4.78, 5) is 31.3. The number of carbonyl (C=O) groups is 2. The van der Waals surface area contributed by atoms with Gasteiger partial charge >= 0.3 is 0 Å². The highest BCUT2D eigenvalue weighted by Gasteiger charge is 2.36. The molecule has 2 heterocycles. The molecule has 1 aliphatic heterocycles. The minimum atomic E-state index is -0.401. The van der Waals surface area contributed by atoms with E-state index in [-0.39, 0.29) is 18.2 Å². The van der Waals surface area contributed by atoms with Gasteiger partial charge in [0.05, 0.1) is 29.4 Å². The van der Waals surface area contributed by atoms with Crippen LogP contribution in [-0.2, 0) is 16.0 Å². The monoisotopic (exact) mass is 469 g/mol. The molecule has 0 saturated carbocycles. The van der Waals surface area contributed by atoms with E-state index in [4.69, 9.17) is 16.3 Å². The van der Waals surface area contributed by atoms with Crippen LogP contribution < -0.4 is 15.0 Å². The fourth-order valence-electron chi connectivity index (χ4n) is 3.80. The molecular weight excluding hydrogens is 446 g/mol. The third kappa shape index (κ3) is 4.95. The van der Waals surface area contributed by atoms with Crippen molar-refractivity contribution in [2.75, 3.05) is 25.1 Å². The topological polar surface area (TPSA) is 71.5 Å². The summed E-state index contributed by atoms with van der Waals surface area (Å²) in [5.74, 6) is -0.0727. The van der Waals surface area contributed by atoms with E-state index in [1.165, 1.54) is 0 Å². The van der Waals surface area contributed by atoms with E-state index >= 15 is 0 Å². The number of carbonyl (C=O) groups excluding carboxylic acids is 2. The van der Waals surface area contributed by atoms with Crippen molar-refractivity contribution in [3.05, 3.63) is 63.4 Å². The number of benzene rings is 2. The summed E-state index contributed by atoms with van der Waals surface area (Å²) in [6.07, 6.45) is 0.887. The Bertz CT molecular complexity index is 1130. The normalized spacial score (nSPS) is 15.8. The van der Waals surface area contributed by atoms with E-state index in [0.717, 1.165) is 21.8 Å². The van der Waals surface area contributed by atoms with Gasteiger partial charge in [-0.1, -0.05) is 35.9 Å². The molecule has 0 radical (unpaired) electrons. The minimum absolute atomic E-state index is 0.112. The molecule has 0 spiro atoms. The number of ether oxygens (including phenoxy) is 1. The highest BCUT2D eigenvalue weighted by atomic mass is 35.5. The standard InChI is InChI=1S/C24H24ClN3O3S/c1-15-27-20(14-32-15)17-5-3-16(4-6-17)9-10-26-24(30)18-11-23(29)28(13-18)21-12-19(25)7-8-22(21)31-2/h3-8,12,14,18H,9-11,13H2,1-2H3,(H,26,30). The maximum absolute atomic E-state index is 12.7. The first-order valence-corrected chi connectivity index (χ1v) is 11.6. The van der Waals surface area contributed by atoms with Crippen molar-refractivity contribution < 1.29 is 14.3 Å². The van der Waals surface area contributed by atoms with Gasteiger partial charge in [0.2, 0.25) is 11.8 Å². The van der Waals surface area contributed by atoms with Crippen molar-refractivity contribution in [1.29, 1.82) is 0 Å². The lowest BCUT2D eigenvalue weighted by Crippen LogP contribution is -2.34.